The summed E-state index contributed by atoms with van der Waals surface area (Å²) in [5.74, 6) is 0.931. The van der Waals surface area contributed by atoms with Crippen LogP contribution >= 0.6 is 0 Å². The first-order chi connectivity index (χ1) is 10.9. The molecule has 0 N–H and O–H groups in total. The van der Waals surface area contributed by atoms with Gasteiger partial charge in [0, 0.05) is 18.7 Å². The third-order valence-corrected chi connectivity index (χ3v) is 4.39. The quantitative estimate of drug-likeness (QED) is 0.861. The summed E-state index contributed by atoms with van der Waals surface area (Å²) in [6.45, 7) is 1.35. The maximum atomic E-state index is 5.71. The molecule has 0 saturated carbocycles. The van der Waals surface area contributed by atoms with Crippen LogP contribution in [0, 0.1) is 0 Å². The van der Waals surface area contributed by atoms with Crippen LogP contribution in [0.25, 0.3) is 0 Å². The average Bonchev–Trinajstić information content (AvgIpc) is 3.24. The highest BCUT2D eigenvalue weighted by atomic mass is 16.7. The smallest absolute Gasteiger partial charge is 0.229 e. The molecule has 0 spiro atoms. The molecule has 2 aromatic rings. The van der Waals surface area contributed by atoms with E-state index in [0.717, 1.165) is 25.1 Å². The van der Waals surface area contributed by atoms with E-state index in [1.807, 2.05) is 0 Å². The van der Waals surface area contributed by atoms with E-state index in [0.29, 0.717) is 6.79 Å². The molecule has 0 aliphatic carbocycles. The van der Waals surface area contributed by atoms with Crippen molar-refractivity contribution in [2.45, 2.75) is 18.9 Å². The topological polar surface area (TPSA) is 21.7 Å². The number of nitrogens with zero attached hydrogens (tertiary/aromatic N) is 1. The summed E-state index contributed by atoms with van der Waals surface area (Å²) in [5, 5.41) is 0. The Hall–Kier alpha value is -2.42. The fourth-order valence-electron chi connectivity index (χ4n) is 3.32. The number of rotatable bonds is 4. The number of hydrogen-bond donors (Lipinski definition) is 0. The fraction of sp³-hybridized carbons (Fsp3) is 0.263. The van der Waals surface area contributed by atoms with Crippen LogP contribution in [0.5, 0.6) is 0 Å². The number of anilines is 1. The van der Waals surface area contributed by atoms with E-state index in [-0.39, 0.29) is 6.04 Å². The van der Waals surface area contributed by atoms with Gasteiger partial charge in [-0.1, -0.05) is 48.5 Å². The van der Waals surface area contributed by atoms with Gasteiger partial charge in [-0.15, -0.1) is 0 Å². The van der Waals surface area contributed by atoms with Crippen LogP contribution in [0.3, 0.4) is 0 Å². The van der Waals surface area contributed by atoms with Crippen molar-refractivity contribution in [1.29, 1.82) is 0 Å². The molecule has 2 heterocycles. The summed E-state index contributed by atoms with van der Waals surface area (Å²) in [6, 6.07) is 19.4. The Bertz CT molecular complexity index is 681. The van der Waals surface area contributed by atoms with Gasteiger partial charge in [0.1, 0.15) is 6.26 Å². The molecule has 112 valence electrons. The van der Waals surface area contributed by atoms with Gasteiger partial charge in [-0.3, -0.25) is 0 Å². The molecule has 1 unspecified atom stereocenters. The van der Waals surface area contributed by atoms with Gasteiger partial charge >= 0.3 is 0 Å². The van der Waals surface area contributed by atoms with Gasteiger partial charge in [-0.2, -0.15) is 0 Å². The van der Waals surface area contributed by atoms with Gasteiger partial charge in [0.05, 0.1) is 6.04 Å². The van der Waals surface area contributed by atoms with Crippen LogP contribution in [-0.4, -0.2) is 19.4 Å². The highest BCUT2D eigenvalue weighted by Crippen LogP contribution is 2.33. The van der Waals surface area contributed by atoms with Crippen molar-refractivity contribution in [3.8, 4) is 0 Å². The van der Waals surface area contributed by atoms with Crippen LogP contribution in [0.2, 0.25) is 0 Å². The summed E-state index contributed by atoms with van der Waals surface area (Å²) in [6.07, 6.45) is 3.79. The Morgan fingerprint density at radius 2 is 1.82 bits per heavy atom. The molecule has 22 heavy (non-hydrogen) atoms. The van der Waals surface area contributed by atoms with Gasteiger partial charge in [0.25, 0.3) is 0 Å². The van der Waals surface area contributed by atoms with Crippen molar-refractivity contribution in [1.82, 2.24) is 0 Å². The number of hydrogen-bond acceptors (Lipinski definition) is 3. The van der Waals surface area contributed by atoms with Crippen molar-refractivity contribution in [2.24, 2.45) is 0 Å². The number of fused-ring (bicyclic) bond motifs is 1. The molecule has 1 atom stereocenters. The third-order valence-electron chi connectivity index (χ3n) is 4.39. The van der Waals surface area contributed by atoms with Crippen LogP contribution in [-0.2, 0) is 22.3 Å². The Balaban J connectivity index is 1.66. The molecule has 0 fully saturated rings. The summed E-state index contributed by atoms with van der Waals surface area (Å²) in [7, 11) is 0. The third kappa shape index (κ3) is 2.43. The first-order valence-corrected chi connectivity index (χ1v) is 7.75. The van der Waals surface area contributed by atoms with Gasteiger partial charge in [0.15, 0.2) is 5.76 Å². The van der Waals surface area contributed by atoms with E-state index >= 15 is 0 Å². The molecular formula is C19H19NO2. The maximum Gasteiger partial charge on any atom is 0.229 e. The van der Waals surface area contributed by atoms with Crippen LogP contribution in [0.15, 0.2) is 66.6 Å². The fourth-order valence-corrected chi connectivity index (χ4v) is 3.32. The second-order valence-corrected chi connectivity index (χ2v) is 5.73. The Labute approximate surface area is 130 Å². The van der Waals surface area contributed by atoms with Crippen LogP contribution in [0.4, 0.5) is 5.69 Å². The predicted octanol–water partition coefficient (Wildman–Crippen LogP) is 3.51. The van der Waals surface area contributed by atoms with E-state index in [4.69, 9.17) is 9.47 Å². The molecule has 0 aromatic heterocycles. The molecule has 0 bridgehead atoms. The minimum Gasteiger partial charge on any atom is -0.462 e. The second kappa shape index (κ2) is 5.76. The van der Waals surface area contributed by atoms with E-state index in [2.05, 4.69) is 59.5 Å². The maximum absolute atomic E-state index is 5.71. The summed E-state index contributed by atoms with van der Waals surface area (Å²) in [4.78, 5) is 2.45. The lowest BCUT2D eigenvalue weighted by molar-refractivity contribution is 0.0751. The van der Waals surface area contributed by atoms with E-state index < -0.39 is 0 Å². The summed E-state index contributed by atoms with van der Waals surface area (Å²) < 4.78 is 11.0. The summed E-state index contributed by atoms with van der Waals surface area (Å²) >= 11 is 0. The molecule has 2 aliphatic rings. The Morgan fingerprint density at radius 3 is 2.64 bits per heavy atom. The summed E-state index contributed by atoms with van der Waals surface area (Å²) in [5.41, 5.74) is 4.05. The molecule has 0 radical (unpaired) electrons. The van der Waals surface area contributed by atoms with Gasteiger partial charge < -0.3 is 14.4 Å². The lowest BCUT2D eigenvalue weighted by Crippen LogP contribution is -2.37. The van der Waals surface area contributed by atoms with Gasteiger partial charge in [0.2, 0.25) is 6.79 Å². The lowest BCUT2D eigenvalue weighted by Gasteiger charge is -2.30. The average molecular weight is 293 g/mol. The molecule has 3 nitrogen and oxygen atoms in total. The van der Waals surface area contributed by atoms with Crippen molar-refractivity contribution in [2.75, 3.05) is 18.2 Å². The van der Waals surface area contributed by atoms with Crippen LogP contribution in [0.1, 0.15) is 11.1 Å². The van der Waals surface area contributed by atoms with Crippen molar-refractivity contribution >= 4 is 5.69 Å². The highest BCUT2D eigenvalue weighted by Gasteiger charge is 2.31. The first kappa shape index (κ1) is 13.3. The Kier molecular flexibility index (Phi) is 3.47. The molecular weight excluding hydrogens is 274 g/mol. The largest absolute Gasteiger partial charge is 0.462 e. The predicted molar refractivity (Wildman–Crippen MR) is 86.5 cm³/mol. The lowest BCUT2D eigenvalue weighted by atomic mass is 10.0. The van der Waals surface area contributed by atoms with Crippen LogP contribution < -0.4 is 4.90 Å². The standard InChI is InChI=1S/C19H19NO2/c1-2-6-15(7-3-1)12-18(19-13-21-14-22-19)20-11-10-16-8-4-5-9-17(16)20/h1-9,13,18H,10-12,14H2. The molecule has 4 rings (SSSR count). The van der Waals surface area contributed by atoms with E-state index in [9.17, 15) is 0 Å². The second-order valence-electron chi connectivity index (χ2n) is 5.73. The van der Waals surface area contributed by atoms with Gasteiger partial charge in [-0.05, 0) is 23.6 Å². The molecule has 0 amide bonds. The molecule has 2 aromatic carbocycles. The monoisotopic (exact) mass is 293 g/mol. The minimum absolute atomic E-state index is 0.188. The zero-order valence-electron chi connectivity index (χ0n) is 12.4. The minimum atomic E-state index is 0.188. The normalized spacial score (nSPS) is 17.5. The molecule has 2 aliphatic heterocycles. The highest BCUT2D eigenvalue weighted by molar-refractivity contribution is 5.59. The zero-order chi connectivity index (χ0) is 14.8. The van der Waals surface area contributed by atoms with Crippen molar-refractivity contribution in [3.05, 3.63) is 77.7 Å². The van der Waals surface area contributed by atoms with E-state index in [1.165, 1.54) is 16.8 Å². The first-order valence-electron chi connectivity index (χ1n) is 7.75. The van der Waals surface area contributed by atoms with Gasteiger partial charge in [-0.25, -0.2) is 0 Å². The SMILES string of the molecule is C1=C(C(Cc2ccccc2)N2CCc3ccccc32)OCO1. The molecule has 3 heteroatoms. The molecule has 0 saturated heterocycles. The van der Waals surface area contributed by atoms with E-state index in [1.54, 1.807) is 6.26 Å². The van der Waals surface area contributed by atoms with Crippen molar-refractivity contribution in [3.63, 3.8) is 0 Å². The van der Waals surface area contributed by atoms with Crippen molar-refractivity contribution < 1.29 is 9.47 Å². The zero-order valence-corrected chi connectivity index (χ0v) is 12.4. The number of ether oxygens (including phenoxy) is 2. The number of para-hydroxylation sites is 1. The Morgan fingerprint density at radius 1 is 1.00 bits per heavy atom. The number of benzene rings is 2.